The number of hydrogen-bond acceptors (Lipinski definition) is 5. The smallest absolute Gasteiger partial charge is 0.409 e. The van der Waals surface area contributed by atoms with E-state index in [1.54, 1.807) is 4.90 Å². The van der Waals surface area contributed by atoms with Crippen LogP contribution in [0.15, 0.2) is 16.7 Å². The Morgan fingerprint density at radius 3 is 2.50 bits per heavy atom. The lowest BCUT2D eigenvalue weighted by Gasteiger charge is -2.31. The van der Waals surface area contributed by atoms with Crippen molar-refractivity contribution >= 4 is 12.0 Å². The van der Waals surface area contributed by atoms with Crippen molar-refractivity contribution in [3.8, 4) is 5.82 Å². The van der Waals surface area contributed by atoms with E-state index in [0.717, 1.165) is 17.1 Å². The SMILES string of the molecule is COC(=O)N1CCC(NC(=O)c2cc(C)n(-c3cc(C)on3)c2C)CC1. The van der Waals surface area contributed by atoms with E-state index in [9.17, 15) is 9.59 Å². The van der Waals surface area contributed by atoms with Crippen LogP contribution in [0.1, 0.15) is 40.3 Å². The van der Waals surface area contributed by atoms with Crippen molar-refractivity contribution in [2.75, 3.05) is 20.2 Å². The van der Waals surface area contributed by atoms with Gasteiger partial charge in [0.05, 0.1) is 12.7 Å². The molecule has 2 aromatic rings. The van der Waals surface area contributed by atoms with Crippen molar-refractivity contribution in [1.82, 2.24) is 19.9 Å². The number of carbonyl (C=O) groups is 2. The largest absolute Gasteiger partial charge is 0.453 e. The molecule has 2 amide bonds. The van der Waals surface area contributed by atoms with Gasteiger partial charge in [0.15, 0.2) is 5.82 Å². The number of aromatic nitrogens is 2. The molecular weight excluding hydrogens is 336 g/mol. The number of hydrogen-bond donors (Lipinski definition) is 1. The molecule has 0 atom stereocenters. The molecule has 0 bridgehead atoms. The summed E-state index contributed by atoms with van der Waals surface area (Å²) in [5, 5.41) is 7.11. The number of nitrogens with zero attached hydrogens (tertiary/aromatic N) is 3. The van der Waals surface area contributed by atoms with Gasteiger partial charge < -0.3 is 19.5 Å². The van der Waals surface area contributed by atoms with Gasteiger partial charge in [-0.3, -0.25) is 9.36 Å². The molecule has 0 aromatic carbocycles. The average molecular weight is 360 g/mol. The normalized spacial score (nSPS) is 15.2. The van der Waals surface area contributed by atoms with Crippen LogP contribution in [0.5, 0.6) is 0 Å². The molecule has 0 spiro atoms. The number of rotatable bonds is 3. The van der Waals surface area contributed by atoms with Gasteiger partial charge in [0.25, 0.3) is 5.91 Å². The highest BCUT2D eigenvalue weighted by molar-refractivity contribution is 5.96. The number of carbonyl (C=O) groups excluding carboxylic acids is 2. The lowest BCUT2D eigenvalue weighted by molar-refractivity contribution is 0.0891. The van der Waals surface area contributed by atoms with E-state index < -0.39 is 0 Å². The van der Waals surface area contributed by atoms with Gasteiger partial charge in [0.1, 0.15) is 5.76 Å². The highest BCUT2D eigenvalue weighted by atomic mass is 16.5. The molecular formula is C18H24N4O4. The van der Waals surface area contributed by atoms with Gasteiger partial charge in [-0.25, -0.2) is 4.79 Å². The molecule has 1 aliphatic heterocycles. The van der Waals surface area contributed by atoms with Gasteiger partial charge in [0, 0.05) is 36.6 Å². The molecule has 1 aliphatic rings. The van der Waals surface area contributed by atoms with Gasteiger partial charge in [0.2, 0.25) is 0 Å². The lowest BCUT2D eigenvalue weighted by Crippen LogP contribution is -2.46. The van der Waals surface area contributed by atoms with Gasteiger partial charge in [-0.1, -0.05) is 5.16 Å². The number of aryl methyl sites for hydroxylation is 2. The van der Waals surface area contributed by atoms with Crippen molar-refractivity contribution < 1.29 is 18.8 Å². The molecule has 0 saturated carbocycles. The van der Waals surface area contributed by atoms with Gasteiger partial charge in [-0.2, -0.15) is 0 Å². The summed E-state index contributed by atoms with van der Waals surface area (Å²) in [6, 6.07) is 3.74. The molecule has 0 aliphatic carbocycles. The molecule has 2 aromatic heterocycles. The minimum atomic E-state index is -0.318. The third-order valence-electron chi connectivity index (χ3n) is 4.78. The molecule has 26 heavy (non-hydrogen) atoms. The predicted octanol–water partition coefficient (Wildman–Crippen LogP) is 2.35. The van der Waals surface area contributed by atoms with Gasteiger partial charge >= 0.3 is 6.09 Å². The summed E-state index contributed by atoms with van der Waals surface area (Å²) in [5.74, 6) is 1.28. The first-order valence-corrected chi connectivity index (χ1v) is 8.67. The second-order valence-electron chi connectivity index (χ2n) is 6.62. The molecule has 140 valence electrons. The molecule has 3 rings (SSSR count). The van der Waals surface area contributed by atoms with Crippen LogP contribution in [0.4, 0.5) is 4.79 Å². The summed E-state index contributed by atoms with van der Waals surface area (Å²) in [4.78, 5) is 25.9. The fourth-order valence-electron chi connectivity index (χ4n) is 3.40. The maximum Gasteiger partial charge on any atom is 0.409 e. The maximum atomic E-state index is 12.7. The van der Waals surface area contributed by atoms with Crippen molar-refractivity contribution in [3.05, 3.63) is 34.8 Å². The van der Waals surface area contributed by atoms with Crippen LogP contribution in [0, 0.1) is 20.8 Å². The van der Waals surface area contributed by atoms with Crippen LogP contribution in [0.25, 0.3) is 5.82 Å². The number of methoxy groups -OCH3 is 1. The van der Waals surface area contributed by atoms with Crippen molar-refractivity contribution in [1.29, 1.82) is 0 Å². The molecule has 3 heterocycles. The first kappa shape index (κ1) is 18.0. The number of nitrogens with one attached hydrogen (secondary N) is 1. The quantitative estimate of drug-likeness (QED) is 0.907. The fourth-order valence-corrected chi connectivity index (χ4v) is 3.40. The fraction of sp³-hybridized carbons (Fsp3) is 0.500. The molecule has 1 fully saturated rings. The highest BCUT2D eigenvalue weighted by Crippen LogP contribution is 2.21. The Labute approximate surface area is 152 Å². The van der Waals surface area contributed by atoms with E-state index in [1.807, 2.05) is 37.5 Å². The van der Waals surface area contributed by atoms with E-state index >= 15 is 0 Å². The Balaban J connectivity index is 1.69. The van der Waals surface area contributed by atoms with Crippen LogP contribution in [-0.4, -0.2) is 52.9 Å². The minimum absolute atomic E-state index is 0.0424. The summed E-state index contributed by atoms with van der Waals surface area (Å²) < 4.78 is 11.8. The average Bonchev–Trinajstić information content (AvgIpc) is 3.17. The zero-order chi connectivity index (χ0) is 18.8. The lowest BCUT2D eigenvalue weighted by atomic mass is 10.0. The Morgan fingerprint density at radius 1 is 1.23 bits per heavy atom. The Kier molecular flexibility index (Phi) is 5.01. The van der Waals surface area contributed by atoms with E-state index in [0.29, 0.717) is 37.3 Å². The number of likely N-dealkylation sites (tertiary alicyclic amines) is 1. The second-order valence-corrected chi connectivity index (χ2v) is 6.62. The predicted molar refractivity (Wildman–Crippen MR) is 94.5 cm³/mol. The summed E-state index contributed by atoms with van der Waals surface area (Å²) in [7, 11) is 1.38. The van der Waals surface area contributed by atoms with Crippen molar-refractivity contribution in [2.45, 2.75) is 39.7 Å². The topological polar surface area (TPSA) is 89.6 Å². The Bertz CT molecular complexity index is 815. The van der Waals surface area contributed by atoms with Crippen LogP contribution in [0.2, 0.25) is 0 Å². The first-order valence-electron chi connectivity index (χ1n) is 8.67. The van der Waals surface area contributed by atoms with E-state index in [4.69, 9.17) is 9.26 Å². The molecule has 0 unspecified atom stereocenters. The third kappa shape index (κ3) is 3.44. The van der Waals surface area contributed by atoms with Crippen LogP contribution in [0.3, 0.4) is 0 Å². The van der Waals surface area contributed by atoms with Gasteiger partial charge in [-0.15, -0.1) is 0 Å². The number of amides is 2. The molecule has 8 nitrogen and oxygen atoms in total. The molecule has 0 radical (unpaired) electrons. The van der Waals surface area contributed by atoms with Crippen molar-refractivity contribution in [2.24, 2.45) is 0 Å². The van der Waals surface area contributed by atoms with E-state index in [-0.39, 0.29) is 18.0 Å². The molecule has 8 heteroatoms. The van der Waals surface area contributed by atoms with E-state index in [2.05, 4.69) is 10.5 Å². The second kappa shape index (κ2) is 7.23. The zero-order valence-electron chi connectivity index (χ0n) is 15.5. The standard InChI is InChI=1S/C18H24N4O4/c1-11-9-15(13(3)22(11)16-10-12(2)26-20-16)17(23)19-14-5-7-21(8-6-14)18(24)25-4/h9-10,14H,5-8H2,1-4H3,(H,19,23). The summed E-state index contributed by atoms with van der Waals surface area (Å²) in [6.07, 6.45) is 1.10. The molecule has 1 N–H and O–H groups in total. The Hall–Kier alpha value is -2.77. The molecule has 1 saturated heterocycles. The van der Waals surface area contributed by atoms with Crippen LogP contribution in [-0.2, 0) is 4.74 Å². The summed E-state index contributed by atoms with van der Waals surface area (Å²) in [5.41, 5.74) is 2.36. The zero-order valence-corrected chi connectivity index (χ0v) is 15.5. The summed E-state index contributed by atoms with van der Waals surface area (Å²) in [6.45, 7) is 6.82. The highest BCUT2D eigenvalue weighted by Gasteiger charge is 2.26. The third-order valence-corrected chi connectivity index (χ3v) is 4.78. The van der Waals surface area contributed by atoms with Crippen LogP contribution >= 0.6 is 0 Å². The number of piperidine rings is 1. The maximum absolute atomic E-state index is 12.7. The monoisotopic (exact) mass is 360 g/mol. The Morgan fingerprint density at radius 2 is 1.92 bits per heavy atom. The summed E-state index contributed by atoms with van der Waals surface area (Å²) >= 11 is 0. The number of ether oxygens (including phenoxy) is 1. The van der Waals surface area contributed by atoms with E-state index in [1.165, 1.54) is 7.11 Å². The van der Waals surface area contributed by atoms with Crippen LogP contribution < -0.4 is 5.32 Å². The van der Waals surface area contributed by atoms with Crippen molar-refractivity contribution in [3.63, 3.8) is 0 Å². The van der Waals surface area contributed by atoms with Gasteiger partial charge in [-0.05, 0) is 39.7 Å². The first-order chi connectivity index (χ1) is 12.4. The minimum Gasteiger partial charge on any atom is -0.453 e.